The molecule has 0 aliphatic rings. The number of hydrogen-bond acceptors (Lipinski definition) is 6. The van der Waals surface area contributed by atoms with E-state index in [0.717, 1.165) is 27.6 Å². The summed E-state index contributed by atoms with van der Waals surface area (Å²) >= 11 is 0. The number of nitrogens with zero attached hydrogens (tertiary/aromatic N) is 3. The molecule has 0 bridgehead atoms. The van der Waals surface area contributed by atoms with Crippen LogP contribution < -0.4 is 14.8 Å². The summed E-state index contributed by atoms with van der Waals surface area (Å²) in [7, 11) is 1.62. The maximum Gasteiger partial charge on any atom is 0.331 e. The lowest BCUT2D eigenvalue weighted by atomic mass is 10.2. The molecule has 8 heteroatoms. The van der Waals surface area contributed by atoms with Crippen LogP contribution in [0, 0.1) is 6.92 Å². The lowest BCUT2D eigenvalue weighted by molar-refractivity contribution is 0.254. The van der Waals surface area contributed by atoms with Crippen LogP contribution in [0.2, 0.25) is 0 Å². The van der Waals surface area contributed by atoms with Crippen LogP contribution in [0.1, 0.15) is 5.76 Å². The Hall–Kier alpha value is -4.33. The highest BCUT2D eigenvalue weighted by Gasteiger charge is 2.13. The van der Waals surface area contributed by atoms with Gasteiger partial charge in [0.1, 0.15) is 23.0 Å². The van der Waals surface area contributed by atoms with Crippen LogP contribution in [0.4, 0.5) is 10.6 Å². The van der Waals surface area contributed by atoms with Crippen molar-refractivity contribution in [1.82, 2.24) is 14.7 Å². The van der Waals surface area contributed by atoms with E-state index in [9.17, 15) is 4.79 Å². The maximum absolute atomic E-state index is 12.6. The molecule has 0 unspecified atom stereocenters. The number of pyridine rings is 1. The normalized spacial score (nSPS) is 11.0. The third-order valence-corrected chi connectivity index (χ3v) is 4.88. The molecule has 1 N–H and O–H groups in total. The van der Waals surface area contributed by atoms with E-state index in [2.05, 4.69) is 15.5 Å². The number of benzene rings is 2. The summed E-state index contributed by atoms with van der Waals surface area (Å²) in [5, 5.41) is 8.24. The molecule has 31 heavy (non-hydrogen) atoms. The highest BCUT2D eigenvalue weighted by atomic mass is 16.5. The quantitative estimate of drug-likeness (QED) is 0.425. The zero-order valence-corrected chi connectivity index (χ0v) is 16.8. The Morgan fingerprint density at radius 2 is 1.94 bits per heavy atom. The fourth-order valence-electron chi connectivity index (χ4n) is 3.40. The Bertz CT molecular complexity index is 1420. The van der Waals surface area contributed by atoms with Crippen LogP contribution >= 0.6 is 0 Å². The molecule has 1 amide bonds. The number of methoxy groups -OCH3 is 1. The van der Waals surface area contributed by atoms with Crippen LogP contribution in [0.25, 0.3) is 21.8 Å². The smallest absolute Gasteiger partial charge is 0.331 e. The number of amides is 1. The van der Waals surface area contributed by atoms with E-state index in [1.54, 1.807) is 32.5 Å². The molecule has 154 valence electrons. The first-order chi connectivity index (χ1) is 15.1. The minimum absolute atomic E-state index is 0.328. The fourth-order valence-corrected chi connectivity index (χ4v) is 3.40. The van der Waals surface area contributed by atoms with Crippen LogP contribution in [0.3, 0.4) is 0 Å². The van der Waals surface area contributed by atoms with Crippen molar-refractivity contribution in [2.45, 2.75) is 6.92 Å². The number of fused-ring (bicyclic) bond motifs is 2. The van der Waals surface area contributed by atoms with Gasteiger partial charge in [-0.3, -0.25) is 14.9 Å². The average Bonchev–Trinajstić information content (AvgIpc) is 3.39. The van der Waals surface area contributed by atoms with Gasteiger partial charge in [-0.1, -0.05) is 5.16 Å². The van der Waals surface area contributed by atoms with Gasteiger partial charge in [0.05, 0.1) is 18.1 Å². The minimum Gasteiger partial charge on any atom is -0.497 e. The number of rotatable bonds is 4. The summed E-state index contributed by atoms with van der Waals surface area (Å²) in [4.78, 5) is 17.0. The van der Waals surface area contributed by atoms with E-state index < -0.39 is 0 Å². The van der Waals surface area contributed by atoms with Crippen molar-refractivity contribution in [3.05, 3.63) is 72.8 Å². The Morgan fingerprint density at radius 1 is 1.06 bits per heavy atom. The number of ether oxygens (including phenoxy) is 2. The monoisotopic (exact) mass is 414 g/mol. The summed E-state index contributed by atoms with van der Waals surface area (Å²) in [5.41, 5.74) is 1.53. The van der Waals surface area contributed by atoms with Crippen molar-refractivity contribution < 1.29 is 18.8 Å². The Balaban J connectivity index is 1.42. The van der Waals surface area contributed by atoms with Gasteiger partial charge in [-0.15, -0.1) is 0 Å². The van der Waals surface area contributed by atoms with Crippen molar-refractivity contribution in [1.29, 1.82) is 0 Å². The first-order valence-electron chi connectivity index (χ1n) is 9.57. The lowest BCUT2D eigenvalue weighted by Crippen LogP contribution is -2.18. The van der Waals surface area contributed by atoms with Crippen molar-refractivity contribution in [2.24, 2.45) is 0 Å². The second kappa shape index (κ2) is 7.49. The van der Waals surface area contributed by atoms with E-state index in [1.807, 2.05) is 48.5 Å². The molecule has 0 aliphatic carbocycles. The zero-order valence-electron chi connectivity index (χ0n) is 16.8. The molecule has 0 spiro atoms. The molecule has 0 saturated carbocycles. The number of aryl methyl sites for hydroxylation is 1. The van der Waals surface area contributed by atoms with Crippen molar-refractivity contribution in [3.63, 3.8) is 0 Å². The molecule has 3 heterocycles. The first kappa shape index (κ1) is 18.7. The number of aromatic nitrogens is 3. The van der Waals surface area contributed by atoms with Gasteiger partial charge in [0.25, 0.3) is 0 Å². The number of nitrogens with one attached hydrogen (secondary N) is 1. The van der Waals surface area contributed by atoms with Crippen molar-refractivity contribution >= 4 is 33.7 Å². The first-order valence-corrected chi connectivity index (χ1v) is 9.57. The van der Waals surface area contributed by atoms with Gasteiger partial charge in [-0.05, 0) is 49.4 Å². The van der Waals surface area contributed by atoms with Gasteiger partial charge in [-0.25, -0.2) is 4.79 Å². The van der Waals surface area contributed by atoms with E-state index in [0.29, 0.717) is 23.1 Å². The van der Waals surface area contributed by atoms with Crippen molar-refractivity contribution in [3.8, 4) is 17.2 Å². The van der Waals surface area contributed by atoms with Gasteiger partial charge in [0.15, 0.2) is 5.82 Å². The largest absolute Gasteiger partial charge is 0.497 e. The summed E-state index contributed by atoms with van der Waals surface area (Å²) in [5.74, 6) is 3.06. The molecule has 8 nitrogen and oxygen atoms in total. The molecule has 5 aromatic rings. The number of carbonyl (C=O) groups is 1. The number of hydrogen-bond donors (Lipinski definition) is 1. The minimum atomic E-state index is -0.328. The lowest BCUT2D eigenvalue weighted by Gasteiger charge is -2.10. The average molecular weight is 414 g/mol. The zero-order chi connectivity index (χ0) is 21.4. The summed E-state index contributed by atoms with van der Waals surface area (Å²) in [6.07, 6.45) is 3.40. The summed E-state index contributed by atoms with van der Waals surface area (Å²) < 4.78 is 17.9. The topological polar surface area (TPSA) is 91.4 Å². The molecule has 2 aromatic carbocycles. The molecule has 5 rings (SSSR count). The molecule has 0 fully saturated rings. The molecule has 0 aliphatic heterocycles. The Kier molecular flexibility index (Phi) is 4.51. The molecule has 0 radical (unpaired) electrons. The maximum atomic E-state index is 12.6. The van der Waals surface area contributed by atoms with Gasteiger partial charge >= 0.3 is 6.03 Å². The fraction of sp³-hybridized carbons (Fsp3) is 0.0870. The predicted octanol–water partition coefficient (Wildman–Crippen LogP) is 5.37. The van der Waals surface area contributed by atoms with E-state index in [4.69, 9.17) is 14.0 Å². The summed E-state index contributed by atoms with van der Waals surface area (Å²) in [6.45, 7) is 1.76. The predicted molar refractivity (Wildman–Crippen MR) is 116 cm³/mol. The SMILES string of the molecule is COc1ccc2c(Oc3ccc4c(ccn4C(=O)Nc4cc(C)on4)c3)ccnc2c1. The third-order valence-electron chi connectivity index (χ3n) is 4.88. The highest BCUT2D eigenvalue weighted by molar-refractivity contribution is 5.98. The van der Waals surface area contributed by atoms with Gasteiger partial charge in [0.2, 0.25) is 0 Å². The molecule has 0 saturated heterocycles. The van der Waals surface area contributed by atoms with E-state index in [1.165, 1.54) is 4.57 Å². The molecular weight excluding hydrogens is 396 g/mol. The van der Waals surface area contributed by atoms with Crippen molar-refractivity contribution in [2.75, 3.05) is 12.4 Å². The van der Waals surface area contributed by atoms with Gasteiger partial charge < -0.3 is 14.0 Å². The number of carbonyl (C=O) groups excluding carboxylic acids is 1. The van der Waals surface area contributed by atoms with Crippen LogP contribution in [-0.4, -0.2) is 27.8 Å². The third kappa shape index (κ3) is 3.55. The Morgan fingerprint density at radius 3 is 2.74 bits per heavy atom. The van der Waals surface area contributed by atoms with Gasteiger partial charge in [-0.2, -0.15) is 0 Å². The number of anilines is 1. The van der Waals surface area contributed by atoms with E-state index in [-0.39, 0.29) is 6.03 Å². The van der Waals surface area contributed by atoms with Crippen LogP contribution in [0.15, 0.2) is 71.5 Å². The second-order valence-electron chi connectivity index (χ2n) is 6.95. The Labute approximate surface area is 177 Å². The van der Waals surface area contributed by atoms with Gasteiger partial charge in [0, 0.05) is 35.3 Å². The standard InChI is InChI=1S/C23H18N4O4/c1-14-11-22(26-31-14)25-23(28)27-10-8-15-12-17(4-6-20(15)27)30-21-7-9-24-19-13-16(29-2)3-5-18(19)21/h3-13H,1-2H3,(H,25,26,28). The highest BCUT2D eigenvalue weighted by Crippen LogP contribution is 2.32. The van der Waals surface area contributed by atoms with Crippen LogP contribution in [-0.2, 0) is 0 Å². The molecule has 3 aromatic heterocycles. The molecule has 0 atom stereocenters. The second-order valence-corrected chi connectivity index (χ2v) is 6.95. The molecular formula is C23H18N4O4. The van der Waals surface area contributed by atoms with Crippen LogP contribution in [0.5, 0.6) is 17.2 Å². The van der Waals surface area contributed by atoms with E-state index >= 15 is 0 Å². The summed E-state index contributed by atoms with van der Waals surface area (Å²) in [6, 6.07) is 16.2.